The zero-order valence-corrected chi connectivity index (χ0v) is 13.8. The molecule has 1 atom stereocenters. The molecule has 2 aromatic carbocycles. The van der Waals surface area contributed by atoms with Gasteiger partial charge in [0.2, 0.25) is 0 Å². The quantitative estimate of drug-likeness (QED) is 0.703. The van der Waals surface area contributed by atoms with Gasteiger partial charge in [-0.25, -0.2) is 4.98 Å². The van der Waals surface area contributed by atoms with E-state index in [-0.39, 0.29) is 5.75 Å². The van der Waals surface area contributed by atoms with Crippen molar-refractivity contribution in [1.82, 2.24) is 4.98 Å². The number of halogens is 2. The molecule has 0 radical (unpaired) electrons. The van der Waals surface area contributed by atoms with E-state index in [0.717, 1.165) is 10.2 Å². The fourth-order valence-corrected chi connectivity index (χ4v) is 5.03. The normalized spacial score (nSPS) is 12.7. The molecule has 1 unspecified atom stereocenters. The van der Waals surface area contributed by atoms with E-state index in [0.29, 0.717) is 25.6 Å². The van der Waals surface area contributed by atoms with Crippen molar-refractivity contribution < 1.29 is 4.21 Å². The molecule has 0 fully saturated rings. The molecular formula is C14H10Cl2N2OS2. The maximum Gasteiger partial charge on any atom is 0.182 e. The van der Waals surface area contributed by atoms with Crippen LogP contribution in [0.15, 0.2) is 40.7 Å². The maximum absolute atomic E-state index is 12.5. The van der Waals surface area contributed by atoms with Crippen LogP contribution in [0.2, 0.25) is 10.0 Å². The van der Waals surface area contributed by atoms with Crippen molar-refractivity contribution >= 4 is 61.2 Å². The molecule has 0 aliphatic rings. The van der Waals surface area contributed by atoms with E-state index >= 15 is 0 Å². The Labute approximate surface area is 138 Å². The molecule has 3 aromatic rings. The van der Waals surface area contributed by atoms with Crippen LogP contribution in [0.25, 0.3) is 10.2 Å². The SMILES string of the molecule is Nc1ccc2nc(S(=O)Cc3c(Cl)cccc3Cl)sc2c1. The highest BCUT2D eigenvalue weighted by molar-refractivity contribution is 7.86. The van der Waals surface area contributed by atoms with Crippen molar-refractivity contribution in [3.05, 3.63) is 52.0 Å². The van der Waals surface area contributed by atoms with Crippen molar-refractivity contribution in [1.29, 1.82) is 0 Å². The second kappa shape index (κ2) is 5.93. The van der Waals surface area contributed by atoms with Crippen LogP contribution in [0, 0.1) is 0 Å². The highest BCUT2D eigenvalue weighted by Crippen LogP contribution is 2.30. The summed E-state index contributed by atoms with van der Waals surface area (Å²) in [7, 11) is -1.30. The van der Waals surface area contributed by atoms with Crippen molar-refractivity contribution in [3.8, 4) is 0 Å². The monoisotopic (exact) mass is 356 g/mol. The van der Waals surface area contributed by atoms with Crippen LogP contribution in [0.3, 0.4) is 0 Å². The summed E-state index contributed by atoms with van der Waals surface area (Å²) in [5.41, 5.74) is 7.88. The number of nitrogens with two attached hydrogens (primary N) is 1. The molecule has 0 bridgehead atoms. The van der Waals surface area contributed by atoms with Crippen molar-refractivity contribution in [2.24, 2.45) is 0 Å². The first kappa shape index (κ1) is 14.8. The van der Waals surface area contributed by atoms with Crippen molar-refractivity contribution in [3.63, 3.8) is 0 Å². The number of thiazole rings is 1. The predicted octanol–water partition coefficient (Wildman–Crippen LogP) is 4.49. The number of aromatic nitrogens is 1. The average molecular weight is 357 g/mol. The first-order chi connectivity index (χ1) is 10.0. The fourth-order valence-electron chi connectivity index (χ4n) is 1.88. The van der Waals surface area contributed by atoms with Crippen LogP contribution in [0.1, 0.15) is 5.56 Å². The Bertz CT molecular complexity index is 828. The summed E-state index contributed by atoms with van der Waals surface area (Å²) < 4.78 is 14.0. The highest BCUT2D eigenvalue weighted by Gasteiger charge is 2.15. The molecule has 21 heavy (non-hydrogen) atoms. The number of fused-ring (bicyclic) bond motifs is 1. The first-order valence-corrected chi connectivity index (χ1v) is 8.91. The summed E-state index contributed by atoms with van der Waals surface area (Å²) >= 11 is 13.6. The molecule has 7 heteroatoms. The fraction of sp³-hybridized carbons (Fsp3) is 0.0714. The lowest BCUT2D eigenvalue weighted by molar-refractivity contribution is 0.682. The van der Waals surface area contributed by atoms with Crippen molar-refractivity contribution in [2.45, 2.75) is 10.1 Å². The molecule has 0 aliphatic carbocycles. The minimum atomic E-state index is -1.30. The number of nitrogens with zero attached hydrogens (tertiary/aromatic N) is 1. The Kier molecular flexibility index (Phi) is 4.17. The number of rotatable bonds is 3. The predicted molar refractivity (Wildman–Crippen MR) is 90.6 cm³/mol. The largest absolute Gasteiger partial charge is 0.399 e. The number of anilines is 1. The molecule has 1 aromatic heterocycles. The van der Waals surface area contributed by atoms with E-state index in [1.54, 1.807) is 24.3 Å². The third kappa shape index (κ3) is 3.06. The van der Waals surface area contributed by atoms with Gasteiger partial charge in [0.1, 0.15) is 0 Å². The van der Waals surface area contributed by atoms with Gasteiger partial charge in [-0.2, -0.15) is 0 Å². The molecule has 0 aliphatic heterocycles. The molecule has 0 saturated heterocycles. The summed E-state index contributed by atoms with van der Waals surface area (Å²) in [6.07, 6.45) is 0. The molecular weight excluding hydrogens is 347 g/mol. The van der Waals surface area contributed by atoms with E-state index in [4.69, 9.17) is 28.9 Å². The van der Waals surface area contributed by atoms with Crippen molar-refractivity contribution in [2.75, 3.05) is 5.73 Å². The minimum Gasteiger partial charge on any atom is -0.399 e. The van der Waals surface area contributed by atoms with Crippen LogP contribution in [-0.2, 0) is 16.6 Å². The van der Waals surface area contributed by atoms with Gasteiger partial charge in [0.05, 0.1) is 26.8 Å². The van der Waals surface area contributed by atoms with Crippen LogP contribution in [-0.4, -0.2) is 9.19 Å². The van der Waals surface area contributed by atoms with Gasteiger partial charge in [0.25, 0.3) is 0 Å². The smallest absolute Gasteiger partial charge is 0.182 e. The van der Waals surface area contributed by atoms with E-state index in [1.165, 1.54) is 11.3 Å². The van der Waals surface area contributed by atoms with E-state index in [9.17, 15) is 4.21 Å². The summed E-state index contributed by atoms with van der Waals surface area (Å²) in [5.74, 6) is 0.244. The van der Waals surface area contributed by atoms with E-state index in [1.807, 2.05) is 12.1 Å². The van der Waals surface area contributed by atoms with Crippen LogP contribution in [0.4, 0.5) is 5.69 Å². The summed E-state index contributed by atoms with van der Waals surface area (Å²) in [5, 5.41) is 1.03. The Hall–Kier alpha value is -1.14. The van der Waals surface area contributed by atoms with Gasteiger partial charge in [-0.15, -0.1) is 11.3 Å². The maximum atomic E-state index is 12.5. The average Bonchev–Trinajstić information content (AvgIpc) is 2.86. The Balaban J connectivity index is 1.94. The summed E-state index contributed by atoms with van der Waals surface area (Å²) in [4.78, 5) is 4.39. The minimum absolute atomic E-state index is 0.244. The highest BCUT2D eigenvalue weighted by atomic mass is 35.5. The lowest BCUT2D eigenvalue weighted by Gasteiger charge is -2.04. The van der Waals surface area contributed by atoms with Crippen LogP contribution < -0.4 is 5.73 Å². The molecule has 1 heterocycles. The Morgan fingerprint density at radius 2 is 1.90 bits per heavy atom. The lowest BCUT2D eigenvalue weighted by atomic mass is 10.2. The van der Waals surface area contributed by atoms with Gasteiger partial charge in [-0.05, 0) is 30.3 Å². The molecule has 0 amide bonds. The lowest BCUT2D eigenvalue weighted by Crippen LogP contribution is -1.97. The zero-order chi connectivity index (χ0) is 15.0. The van der Waals surface area contributed by atoms with Crippen LogP contribution >= 0.6 is 34.5 Å². The number of benzene rings is 2. The standard InChI is InChI=1S/C14H10Cl2N2OS2/c15-10-2-1-3-11(16)9(10)7-21(19)14-18-12-5-4-8(17)6-13(12)20-14/h1-6H,7,17H2. The van der Waals surface area contributed by atoms with Gasteiger partial charge in [-0.1, -0.05) is 29.3 Å². The topological polar surface area (TPSA) is 56.0 Å². The molecule has 0 spiro atoms. The van der Waals surface area contributed by atoms with E-state index < -0.39 is 10.8 Å². The third-order valence-electron chi connectivity index (χ3n) is 2.92. The first-order valence-electron chi connectivity index (χ1n) is 6.02. The molecule has 0 saturated carbocycles. The number of hydrogen-bond acceptors (Lipinski definition) is 4. The Morgan fingerprint density at radius 3 is 2.62 bits per heavy atom. The third-order valence-corrected chi connectivity index (χ3v) is 6.29. The molecule has 3 rings (SSSR count). The number of nitrogen functional groups attached to an aromatic ring is 1. The summed E-state index contributed by atoms with van der Waals surface area (Å²) in [6, 6.07) is 10.7. The van der Waals surface area contributed by atoms with Gasteiger partial charge >= 0.3 is 0 Å². The van der Waals surface area contributed by atoms with Gasteiger partial charge in [0, 0.05) is 21.3 Å². The molecule has 2 N–H and O–H groups in total. The zero-order valence-electron chi connectivity index (χ0n) is 10.7. The second-order valence-corrected chi connectivity index (χ2v) is 7.87. The Morgan fingerprint density at radius 1 is 1.19 bits per heavy atom. The van der Waals surface area contributed by atoms with Gasteiger partial charge in [0.15, 0.2) is 4.34 Å². The molecule has 3 nitrogen and oxygen atoms in total. The van der Waals surface area contributed by atoms with E-state index in [2.05, 4.69) is 4.98 Å². The van der Waals surface area contributed by atoms with Gasteiger partial charge in [-0.3, -0.25) is 4.21 Å². The van der Waals surface area contributed by atoms with Gasteiger partial charge < -0.3 is 5.73 Å². The second-order valence-electron chi connectivity index (χ2n) is 4.40. The van der Waals surface area contributed by atoms with Crippen LogP contribution in [0.5, 0.6) is 0 Å². The molecule has 108 valence electrons. The summed E-state index contributed by atoms with van der Waals surface area (Å²) in [6.45, 7) is 0. The number of hydrogen-bond donors (Lipinski definition) is 1.